The van der Waals surface area contributed by atoms with Crippen molar-refractivity contribution in [2.24, 2.45) is 5.92 Å². The van der Waals surface area contributed by atoms with Crippen molar-refractivity contribution in [3.63, 3.8) is 0 Å². The third-order valence-corrected chi connectivity index (χ3v) is 5.84. The Kier molecular flexibility index (Phi) is 5.32. The minimum absolute atomic E-state index is 0.0736. The first-order valence-corrected chi connectivity index (χ1v) is 10.6. The molecule has 2 aromatic carbocycles. The van der Waals surface area contributed by atoms with E-state index in [2.05, 4.69) is 5.32 Å². The molecule has 2 aromatic rings. The minimum atomic E-state index is -3.32. The van der Waals surface area contributed by atoms with E-state index >= 15 is 0 Å². The molecule has 26 heavy (non-hydrogen) atoms. The molecule has 0 aromatic heterocycles. The minimum Gasteiger partial charge on any atom is -0.326 e. The molecule has 138 valence electrons. The van der Waals surface area contributed by atoms with E-state index in [4.69, 9.17) is 0 Å². The Morgan fingerprint density at radius 1 is 1.19 bits per heavy atom. The van der Waals surface area contributed by atoms with E-state index in [1.54, 1.807) is 6.07 Å². The van der Waals surface area contributed by atoms with Crippen molar-refractivity contribution in [3.8, 4) is 0 Å². The van der Waals surface area contributed by atoms with Gasteiger partial charge in [-0.3, -0.25) is 9.10 Å². The maximum atomic E-state index is 12.5. The number of hydrogen-bond acceptors (Lipinski definition) is 3. The maximum Gasteiger partial charge on any atom is 0.232 e. The number of carbonyl (C=O) groups excluding carboxylic acids is 1. The Bertz CT molecular complexity index is 895. The second-order valence-corrected chi connectivity index (χ2v) is 8.77. The Morgan fingerprint density at radius 2 is 1.92 bits per heavy atom. The Hall–Kier alpha value is -2.34. The van der Waals surface area contributed by atoms with Gasteiger partial charge in [-0.2, -0.15) is 0 Å². The van der Waals surface area contributed by atoms with Crippen molar-refractivity contribution < 1.29 is 13.2 Å². The molecule has 1 amide bonds. The molecule has 0 bridgehead atoms. The standard InChI is InChI=1S/C20H24N2O3S/c1-15(13-16-7-4-3-5-8-16)20(23)21-18-11-10-17-9-6-12-22(19(17)14-18)26(2,24)25/h3-5,7-8,10-11,14-15H,6,9,12-13H2,1-2H3,(H,21,23). The number of nitrogens with zero attached hydrogens (tertiary/aromatic N) is 1. The molecule has 1 N–H and O–H groups in total. The highest BCUT2D eigenvalue weighted by Crippen LogP contribution is 2.31. The van der Waals surface area contributed by atoms with Gasteiger partial charge in [-0.1, -0.05) is 43.3 Å². The summed E-state index contributed by atoms with van der Waals surface area (Å²) in [5.74, 6) is -0.255. The second-order valence-electron chi connectivity index (χ2n) is 6.86. The predicted molar refractivity (Wildman–Crippen MR) is 105 cm³/mol. The van der Waals surface area contributed by atoms with Gasteiger partial charge in [-0.25, -0.2) is 8.42 Å². The molecule has 0 fully saturated rings. The van der Waals surface area contributed by atoms with E-state index in [9.17, 15) is 13.2 Å². The quantitative estimate of drug-likeness (QED) is 0.876. The van der Waals surface area contributed by atoms with Gasteiger partial charge in [0.15, 0.2) is 0 Å². The van der Waals surface area contributed by atoms with Crippen LogP contribution >= 0.6 is 0 Å². The summed E-state index contributed by atoms with van der Waals surface area (Å²) in [6, 6.07) is 15.4. The molecule has 0 aliphatic carbocycles. The van der Waals surface area contributed by atoms with Crippen molar-refractivity contribution in [1.82, 2.24) is 0 Å². The highest BCUT2D eigenvalue weighted by molar-refractivity contribution is 7.92. The fourth-order valence-electron chi connectivity index (χ4n) is 3.29. The van der Waals surface area contributed by atoms with Crippen LogP contribution in [0, 0.1) is 5.92 Å². The van der Waals surface area contributed by atoms with Crippen molar-refractivity contribution in [2.45, 2.75) is 26.2 Å². The smallest absolute Gasteiger partial charge is 0.232 e. The maximum absolute atomic E-state index is 12.5. The number of carbonyl (C=O) groups is 1. The number of fused-ring (bicyclic) bond motifs is 1. The van der Waals surface area contributed by atoms with E-state index < -0.39 is 10.0 Å². The molecule has 1 aliphatic heterocycles. The summed E-state index contributed by atoms with van der Waals surface area (Å²) in [6.07, 6.45) is 3.53. The monoisotopic (exact) mass is 372 g/mol. The molecule has 3 rings (SSSR count). The van der Waals surface area contributed by atoms with Crippen LogP contribution in [0.2, 0.25) is 0 Å². The summed E-state index contributed by atoms with van der Waals surface area (Å²) in [5.41, 5.74) is 3.41. The third kappa shape index (κ3) is 4.25. The van der Waals surface area contributed by atoms with Crippen LogP contribution in [0.5, 0.6) is 0 Å². The number of sulfonamides is 1. The van der Waals surface area contributed by atoms with Crippen LogP contribution in [-0.2, 0) is 27.7 Å². The lowest BCUT2D eigenvalue weighted by Gasteiger charge is -2.29. The van der Waals surface area contributed by atoms with Gasteiger partial charge in [0.05, 0.1) is 11.9 Å². The average molecular weight is 372 g/mol. The molecule has 1 atom stereocenters. The highest BCUT2D eigenvalue weighted by Gasteiger charge is 2.24. The fraction of sp³-hybridized carbons (Fsp3) is 0.350. The van der Waals surface area contributed by atoms with Crippen molar-refractivity contribution in [1.29, 1.82) is 0 Å². The lowest BCUT2D eigenvalue weighted by Crippen LogP contribution is -2.34. The van der Waals surface area contributed by atoms with Crippen LogP contribution in [-0.4, -0.2) is 27.1 Å². The molecular weight excluding hydrogens is 348 g/mol. The van der Waals surface area contributed by atoms with Crippen molar-refractivity contribution >= 4 is 27.3 Å². The first kappa shape index (κ1) is 18.5. The van der Waals surface area contributed by atoms with Crippen LogP contribution in [0.4, 0.5) is 11.4 Å². The number of benzene rings is 2. The SMILES string of the molecule is CC(Cc1ccccc1)C(=O)Nc1ccc2c(c1)N(S(C)(=O)=O)CCC2. The number of nitrogens with one attached hydrogen (secondary N) is 1. The molecule has 0 saturated heterocycles. The van der Waals surface area contributed by atoms with E-state index in [1.807, 2.05) is 49.4 Å². The van der Waals surface area contributed by atoms with Gasteiger partial charge in [0.25, 0.3) is 0 Å². The highest BCUT2D eigenvalue weighted by atomic mass is 32.2. The van der Waals surface area contributed by atoms with Gasteiger partial charge in [0, 0.05) is 18.2 Å². The predicted octanol–water partition coefficient (Wildman–Crippen LogP) is 3.22. The van der Waals surface area contributed by atoms with Gasteiger partial charge in [-0.05, 0) is 42.5 Å². The van der Waals surface area contributed by atoms with Crippen LogP contribution in [0.1, 0.15) is 24.5 Å². The van der Waals surface area contributed by atoms with Crippen LogP contribution < -0.4 is 9.62 Å². The van der Waals surface area contributed by atoms with E-state index in [1.165, 1.54) is 10.6 Å². The van der Waals surface area contributed by atoms with E-state index in [0.717, 1.165) is 24.0 Å². The molecule has 1 aliphatic rings. The van der Waals surface area contributed by atoms with E-state index in [-0.39, 0.29) is 11.8 Å². The van der Waals surface area contributed by atoms with Gasteiger partial charge in [-0.15, -0.1) is 0 Å². The van der Waals surface area contributed by atoms with Gasteiger partial charge in [0.1, 0.15) is 0 Å². The molecular formula is C20H24N2O3S. The zero-order valence-electron chi connectivity index (χ0n) is 15.1. The molecule has 0 spiro atoms. The van der Waals surface area contributed by atoms with Crippen molar-refractivity contribution in [2.75, 3.05) is 22.4 Å². The van der Waals surface area contributed by atoms with Crippen LogP contribution in [0.25, 0.3) is 0 Å². The van der Waals surface area contributed by atoms with Gasteiger partial charge in [0.2, 0.25) is 15.9 Å². The summed E-state index contributed by atoms with van der Waals surface area (Å²) < 4.78 is 25.5. The zero-order valence-corrected chi connectivity index (χ0v) is 15.9. The van der Waals surface area contributed by atoms with Crippen LogP contribution in [0.15, 0.2) is 48.5 Å². The lowest BCUT2D eigenvalue weighted by molar-refractivity contribution is -0.119. The summed E-state index contributed by atoms with van der Waals surface area (Å²) >= 11 is 0. The number of rotatable bonds is 5. The molecule has 1 unspecified atom stereocenters. The molecule has 6 heteroatoms. The second kappa shape index (κ2) is 7.50. The first-order chi connectivity index (χ1) is 12.3. The van der Waals surface area contributed by atoms with E-state index in [0.29, 0.717) is 24.3 Å². The van der Waals surface area contributed by atoms with Crippen molar-refractivity contribution in [3.05, 3.63) is 59.7 Å². The molecule has 0 radical (unpaired) electrons. The van der Waals surface area contributed by atoms with Gasteiger partial charge < -0.3 is 5.32 Å². The summed E-state index contributed by atoms with van der Waals surface area (Å²) in [6.45, 7) is 2.37. The normalized spacial score (nSPS) is 15.2. The summed E-state index contributed by atoms with van der Waals surface area (Å²) in [4.78, 5) is 12.5. The number of aryl methyl sites for hydroxylation is 1. The summed E-state index contributed by atoms with van der Waals surface area (Å²) in [7, 11) is -3.32. The Morgan fingerprint density at radius 3 is 2.62 bits per heavy atom. The average Bonchev–Trinajstić information content (AvgIpc) is 2.61. The number of amides is 1. The van der Waals surface area contributed by atoms with Crippen LogP contribution in [0.3, 0.4) is 0 Å². The topological polar surface area (TPSA) is 66.5 Å². The van der Waals surface area contributed by atoms with Gasteiger partial charge >= 0.3 is 0 Å². The fourth-order valence-corrected chi connectivity index (χ4v) is 4.28. The first-order valence-electron chi connectivity index (χ1n) is 8.80. The third-order valence-electron chi connectivity index (χ3n) is 4.66. The molecule has 1 heterocycles. The number of anilines is 2. The Labute approximate surface area is 155 Å². The number of hydrogen-bond donors (Lipinski definition) is 1. The Balaban J connectivity index is 1.75. The largest absolute Gasteiger partial charge is 0.326 e. The summed E-state index contributed by atoms with van der Waals surface area (Å²) in [5, 5.41) is 2.92. The molecule has 0 saturated carbocycles. The molecule has 5 nitrogen and oxygen atoms in total. The zero-order chi connectivity index (χ0) is 18.7. The lowest BCUT2D eigenvalue weighted by atomic mass is 10.00.